The number of nitrogens with zero attached hydrogens (tertiary/aromatic N) is 1. The molecule has 1 amide bonds. The van der Waals surface area contributed by atoms with E-state index in [1.807, 2.05) is 24.8 Å². The number of hydrogen-bond acceptors (Lipinski definition) is 6. The SMILES string of the molecule is CC1(C)OCC(C(=O)Nc2ccc(-c3ccccc3S(C)(=O)=O)cc2)N1c1cccc(C(=N)N)c1. The summed E-state index contributed by atoms with van der Waals surface area (Å²) in [7, 11) is -3.38. The summed E-state index contributed by atoms with van der Waals surface area (Å²) in [6.45, 7) is 3.96. The molecule has 4 N–H and O–H groups in total. The summed E-state index contributed by atoms with van der Waals surface area (Å²) < 4.78 is 30.2. The highest BCUT2D eigenvalue weighted by Crippen LogP contribution is 2.34. The Morgan fingerprint density at radius 1 is 1.09 bits per heavy atom. The van der Waals surface area contributed by atoms with E-state index in [0.29, 0.717) is 16.8 Å². The molecule has 0 saturated carbocycles. The van der Waals surface area contributed by atoms with E-state index in [0.717, 1.165) is 11.3 Å². The summed E-state index contributed by atoms with van der Waals surface area (Å²) in [5, 5.41) is 10.7. The number of carbonyl (C=O) groups is 1. The van der Waals surface area contributed by atoms with E-state index in [1.165, 1.54) is 6.26 Å². The van der Waals surface area contributed by atoms with E-state index < -0.39 is 21.6 Å². The Balaban J connectivity index is 1.57. The molecule has 0 aromatic heterocycles. The van der Waals surface area contributed by atoms with Crippen LogP contribution in [0.25, 0.3) is 11.1 Å². The average molecular weight is 493 g/mol. The van der Waals surface area contributed by atoms with Crippen molar-refractivity contribution >= 4 is 33.0 Å². The predicted molar refractivity (Wildman–Crippen MR) is 137 cm³/mol. The fraction of sp³-hybridized carbons (Fsp3) is 0.231. The van der Waals surface area contributed by atoms with Gasteiger partial charge in [-0.25, -0.2) is 8.42 Å². The molecule has 4 rings (SSSR count). The molecule has 1 atom stereocenters. The molecule has 8 nitrogen and oxygen atoms in total. The van der Waals surface area contributed by atoms with E-state index in [1.54, 1.807) is 66.7 Å². The highest BCUT2D eigenvalue weighted by atomic mass is 32.2. The van der Waals surface area contributed by atoms with Gasteiger partial charge in [0, 0.05) is 28.8 Å². The van der Waals surface area contributed by atoms with Gasteiger partial charge in [-0.1, -0.05) is 42.5 Å². The maximum Gasteiger partial charge on any atom is 0.249 e. The van der Waals surface area contributed by atoms with Gasteiger partial charge in [0.1, 0.15) is 17.6 Å². The zero-order valence-electron chi connectivity index (χ0n) is 19.8. The third kappa shape index (κ3) is 5.06. The van der Waals surface area contributed by atoms with E-state index in [2.05, 4.69) is 5.32 Å². The molecule has 1 aliphatic rings. The Hall–Kier alpha value is -3.69. The van der Waals surface area contributed by atoms with Crippen molar-refractivity contribution < 1.29 is 17.9 Å². The number of sulfone groups is 1. The molecule has 1 unspecified atom stereocenters. The average Bonchev–Trinajstić information content (AvgIpc) is 3.14. The lowest BCUT2D eigenvalue weighted by Gasteiger charge is -2.35. The van der Waals surface area contributed by atoms with E-state index in [4.69, 9.17) is 15.9 Å². The van der Waals surface area contributed by atoms with E-state index >= 15 is 0 Å². The quantitative estimate of drug-likeness (QED) is 0.356. The minimum Gasteiger partial charge on any atom is -0.384 e. The van der Waals surface area contributed by atoms with Crippen LogP contribution < -0.4 is 16.0 Å². The van der Waals surface area contributed by atoms with Crippen molar-refractivity contribution in [3.63, 3.8) is 0 Å². The number of amidine groups is 1. The normalized spacial score (nSPS) is 17.2. The van der Waals surface area contributed by atoms with Gasteiger partial charge in [0.05, 0.1) is 11.5 Å². The van der Waals surface area contributed by atoms with Crippen molar-refractivity contribution in [1.29, 1.82) is 5.41 Å². The van der Waals surface area contributed by atoms with Crippen LogP contribution in [0.15, 0.2) is 77.7 Å². The molecule has 182 valence electrons. The molecule has 1 saturated heterocycles. The van der Waals surface area contributed by atoms with Crippen LogP contribution in [0.4, 0.5) is 11.4 Å². The van der Waals surface area contributed by atoms with Gasteiger partial charge in [-0.15, -0.1) is 0 Å². The zero-order chi connectivity index (χ0) is 25.4. The van der Waals surface area contributed by atoms with Crippen molar-refractivity contribution in [1.82, 2.24) is 0 Å². The van der Waals surface area contributed by atoms with Gasteiger partial charge in [-0.05, 0) is 49.7 Å². The topological polar surface area (TPSA) is 126 Å². The summed E-state index contributed by atoms with van der Waals surface area (Å²) in [5.41, 5.74) is 8.13. The van der Waals surface area contributed by atoms with Gasteiger partial charge in [-0.2, -0.15) is 0 Å². The van der Waals surface area contributed by atoms with Gasteiger partial charge in [-0.3, -0.25) is 10.2 Å². The van der Waals surface area contributed by atoms with Crippen molar-refractivity contribution in [3.05, 3.63) is 78.4 Å². The standard InChI is InChI=1S/C26H28N4O4S/c1-26(2)30(20-8-6-7-18(15-20)24(27)28)22(16-34-26)25(31)29-19-13-11-17(12-14-19)21-9-4-5-10-23(21)35(3,32)33/h4-15,22H,16H2,1-3H3,(H3,27,28)(H,29,31). The summed E-state index contributed by atoms with van der Waals surface area (Å²) in [6, 6.07) is 20.4. The van der Waals surface area contributed by atoms with Crippen LogP contribution in [0.3, 0.4) is 0 Å². The molecule has 3 aromatic carbocycles. The van der Waals surface area contributed by atoms with Crippen LogP contribution in [0.2, 0.25) is 0 Å². The molecule has 1 fully saturated rings. The van der Waals surface area contributed by atoms with E-state index in [-0.39, 0.29) is 23.2 Å². The predicted octanol–water partition coefficient (Wildman–Crippen LogP) is 3.62. The number of hydrogen-bond donors (Lipinski definition) is 3. The van der Waals surface area contributed by atoms with Crippen molar-refractivity contribution in [2.75, 3.05) is 23.1 Å². The fourth-order valence-corrected chi connectivity index (χ4v) is 5.21. The fourth-order valence-electron chi connectivity index (χ4n) is 4.30. The first-order chi connectivity index (χ1) is 16.5. The number of benzene rings is 3. The first-order valence-electron chi connectivity index (χ1n) is 11.1. The molecule has 0 aliphatic carbocycles. The number of nitrogens with two attached hydrogens (primary N) is 1. The number of amides is 1. The number of rotatable bonds is 6. The monoisotopic (exact) mass is 492 g/mol. The third-order valence-corrected chi connectivity index (χ3v) is 7.13. The summed E-state index contributed by atoms with van der Waals surface area (Å²) >= 11 is 0. The lowest BCUT2D eigenvalue weighted by atomic mass is 10.1. The van der Waals surface area contributed by atoms with Crippen LogP contribution in [0.1, 0.15) is 19.4 Å². The minimum atomic E-state index is -3.38. The van der Waals surface area contributed by atoms with Gasteiger partial charge in [0.2, 0.25) is 5.91 Å². The Kier molecular flexibility index (Phi) is 6.40. The first-order valence-corrected chi connectivity index (χ1v) is 12.9. The number of ether oxygens (including phenoxy) is 1. The van der Waals surface area contributed by atoms with Crippen LogP contribution in [-0.2, 0) is 19.4 Å². The van der Waals surface area contributed by atoms with Crippen molar-refractivity contribution in [3.8, 4) is 11.1 Å². The Labute approximate surface area is 205 Å². The van der Waals surface area contributed by atoms with Gasteiger partial charge in [0.25, 0.3) is 0 Å². The number of anilines is 2. The molecule has 1 heterocycles. The Morgan fingerprint density at radius 3 is 2.43 bits per heavy atom. The largest absolute Gasteiger partial charge is 0.384 e. The molecule has 0 radical (unpaired) electrons. The van der Waals surface area contributed by atoms with Crippen LogP contribution in [0, 0.1) is 5.41 Å². The number of carbonyl (C=O) groups excluding carboxylic acids is 1. The van der Waals surface area contributed by atoms with Crippen LogP contribution in [-0.4, -0.2) is 44.8 Å². The summed E-state index contributed by atoms with van der Waals surface area (Å²) in [5.74, 6) is -0.295. The maximum atomic E-state index is 13.3. The van der Waals surface area contributed by atoms with Crippen LogP contribution >= 0.6 is 0 Å². The smallest absolute Gasteiger partial charge is 0.249 e. The minimum absolute atomic E-state index is 0.0525. The van der Waals surface area contributed by atoms with E-state index in [9.17, 15) is 13.2 Å². The first kappa shape index (κ1) is 24.4. The molecule has 35 heavy (non-hydrogen) atoms. The molecule has 9 heteroatoms. The zero-order valence-corrected chi connectivity index (χ0v) is 20.6. The van der Waals surface area contributed by atoms with Crippen molar-refractivity contribution in [2.24, 2.45) is 5.73 Å². The lowest BCUT2D eigenvalue weighted by Crippen LogP contribution is -2.49. The molecular weight excluding hydrogens is 464 g/mol. The van der Waals surface area contributed by atoms with Crippen molar-refractivity contribution in [2.45, 2.75) is 30.5 Å². The molecule has 1 aliphatic heterocycles. The Morgan fingerprint density at radius 2 is 1.77 bits per heavy atom. The summed E-state index contributed by atoms with van der Waals surface area (Å²) in [4.78, 5) is 15.4. The molecule has 0 bridgehead atoms. The second kappa shape index (κ2) is 9.16. The lowest BCUT2D eigenvalue weighted by molar-refractivity contribution is -0.117. The number of nitrogen functional groups attached to an aromatic ring is 1. The van der Waals surface area contributed by atoms with Crippen LogP contribution in [0.5, 0.6) is 0 Å². The van der Waals surface area contributed by atoms with Gasteiger partial charge < -0.3 is 20.7 Å². The second-order valence-electron chi connectivity index (χ2n) is 8.94. The summed E-state index contributed by atoms with van der Waals surface area (Å²) in [6.07, 6.45) is 1.18. The number of nitrogens with one attached hydrogen (secondary N) is 2. The molecular formula is C26H28N4O4S. The molecule has 3 aromatic rings. The van der Waals surface area contributed by atoms with Gasteiger partial charge in [0.15, 0.2) is 9.84 Å². The Bertz CT molecular complexity index is 1380. The highest BCUT2D eigenvalue weighted by molar-refractivity contribution is 7.90. The maximum absolute atomic E-state index is 13.3. The second-order valence-corrected chi connectivity index (χ2v) is 10.9. The highest BCUT2D eigenvalue weighted by Gasteiger charge is 2.44. The molecule has 0 spiro atoms. The third-order valence-electron chi connectivity index (χ3n) is 5.97. The van der Waals surface area contributed by atoms with Gasteiger partial charge >= 0.3 is 0 Å².